The van der Waals surface area contributed by atoms with Gasteiger partial charge in [-0.15, -0.1) is 16.4 Å². The highest BCUT2D eigenvalue weighted by Crippen LogP contribution is 2.27. The molecule has 0 amide bonds. The fraction of sp³-hybridized carbons (Fsp3) is 0.250. The van der Waals surface area contributed by atoms with Crippen LogP contribution in [0.15, 0.2) is 23.4 Å². The molecule has 7 heteroatoms. The molecular formula is C12H11ClN4S2. The van der Waals surface area contributed by atoms with E-state index >= 15 is 0 Å². The van der Waals surface area contributed by atoms with Crippen LogP contribution >= 0.6 is 34.7 Å². The Bertz CT molecular complexity index is 734. The lowest BCUT2D eigenvalue weighted by molar-refractivity contribution is 0.843. The van der Waals surface area contributed by atoms with E-state index in [0.717, 1.165) is 26.6 Å². The Hall–Kier alpha value is -1.11. The van der Waals surface area contributed by atoms with Crippen LogP contribution in [0.1, 0.15) is 16.3 Å². The molecular weight excluding hydrogens is 300 g/mol. The highest BCUT2D eigenvalue weighted by Gasteiger charge is 2.09. The fourth-order valence-corrected chi connectivity index (χ4v) is 3.72. The summed E-state index contributed by atoms with van der Waals surface area (Å²) >= 11 is 9.09. The Morgan fingerprint density at radius 2 is 2.16 bits per heavy atom. The topological polar surface area (TPSA) is 43.1 Å². The second-order valence-corrected chi connectivity index (χ2v) is 6.88. The number of hydrogen-bond donors (Lipinski definition) is 0. The van der Waals surface area contributed by atoms with Crippen molar-refractivity contribution in [2.75, 3.05) is 0 Å². The van der Waals surface area contributed by atoms with Gasteiger partial charge in [-0.3, -0.25) is 0 Å². The highest BCUT2D eigenvalue weighted by molar-refractivity contribution is 7.98. The van der Waals surface area contributed by atoms with Crippen LogP contribution in [0.4, 0.5) is 0 Å². The van der Waals surface area contributed by atoms with E-state index in [1.54, 1.807) is 27.6 Å². The number of fused-ring (bicyclic) bond motifs is 1. The van der Waals surface area contributed by atoms with Crippen molar-refractivity contribution in [1.82, 2.24) is 19.6 Å². The molecule has 0 saturated heterocycles. The van der Waals surface area contributed by atoms with Gasteiger partial charge in [0.15, 0.2) is 0 Å². The summed E-state index contributed by atoms with van der Waals surface area (Å²) in [6, 6.07) is 5.94. The van der Waals surface area contributed by atoms with Crippen molar-refractivity contribution in [2.24, 2.45) is 0 Å². The zero-order chi connectivity index (χ0) is 13.4. The van der Waals surface area contributed by atoms with E-state index in [9.17, 15) is 0 Å². The van der Waals surface area contributed by atoms with Crippen molar-refractivity contribution in [1.29, 1.82) is 0 Å². The Labute approximate surface area is 123 Å². The van der Waals surface area contributed by atoms with E-state index in [1.807, 2.05) is 32.0 Å². The summed E-state index contributed by atoms with van der Waals surface area (Å²) < 4.78 is 2.59. The summed E-state index contributed by atoms with van der Waals surface area (Å²) in [4.78, 5) is 10.0. The van der Waals surface area contributed by atoms with Crippen molar-refractivity contribution in [3.05, 3.63) is 38.8 Å². The first-order chi connectivity index (χ1) is 9.11. The van der Waals surface area contributed by atoms with Gasteiger partial charge in [0.1, 0.15) is 0 Å². The average Bonchev–Trinajstić information content (AvgIpc) is 2.92. The van der Waals surface area contributed by atoms with Gasteiger partial charge in [-0.2, -0.15) is 4.98 Å². The van der Waals surface area contributed by atoms with Gasteiger partial charge in [0.25, 0.3) is 5.78 Å². The Morgan fingerprint density at radius 3 is 2.89 bits per heavy atom. The van der Waals surface area contributed by atoms with Crippen LogP contribution in [0.3, 0.4) is 0 Å². The van der Waals surface area contributed by atoms with Crippen LogP contribution in [-0.4, -0.2) is 19.6 Å². The number of halogens is 1. The third kappa shape index (κ3) is 2.75. The summed E-state index contributed by atoms with van der Waals surface area (Å²) in [6.07, 6.45) is 0. The van der Waals surface area contributed by atoms with Gasteiger partial charge in [-0.1, -0.05) is 23.4 Å². The quantitative estimate of drug-likeness (QED) is 0.691. The van der Waals surface area contributed by atoms with Gasteiger partial charge in [-0.05, 0) is 32.0 Å². The lowest BCUT2D eigenvalue weighted by Gasteiger charge is -1.97. The molecule has 0 saturated carbocycles. The number of hydrogen-bond acceptors (Lipinski definition) is 5. The minimum Gasteiger partial charge on any atom is -0.216 e. The molecule has 3 aromatic heterocycles. The smallest absolute Gasteiger partial charge is 0.216 e. The zero-order valence-electron chi connectivity index (χ0n) is 10.4. The van der Waals surface area contributed by atoms with Gasteiger partial charge in [0.05, 0.1) is 4.34 Å². The maximum absolute atomic E-state index is 5.91. The number of nitrogens with zero attached hydrogens (tertiary/aromatic N) is 4. The molecule has 3 heterocycles. The molecule has 0 unspecified atom stereocenters. The summed E-state index contributed by atoms with van der Waals surface area (Å²) in [5.74, 6) is 1.48. The molecule has 0 bridgehead atoms. The van der Waals surface area contributed by atoms with Crippen molar-refractivity contribution < 1.29 is 0 Å². The van der Waals surface area contributed by atoms with Gasteiger partial charge in [0.2, 0.25) is 5.16 Å². The molecule has 3 aromatic rings. The minimum atomic E-state index is 0.657. The summed E-state index contributed by atoms with van der Waals surface area (Å²) in [5.41, 5.74) is 2.00. The number of thiophene rings is 1. The van der Waals surface area contributed by atoms with Crippen molar-refractivity contribution >= 4 is 40.5 Å². The first-order valence-electron chi connectivity index (χ1n) is 5.70. The van der Waals surface area contributed by atoms with Crippen molar-refractivity contribution in [2.45, 2.75) is 24.8 Å². The second kappa shape index (κ2) is 5.11. The predicted octanol–water partition coefficient (Wildman–Crippen LogP) is 3.75. The first kappa shape index (κ1) is 12.9. The Balaban J connectivity index is 1.83. The van der Waals surface area contributed by atoms with Crippen LogP contribution in [0, 0.1) is 13.8 Å². The average molecular weight is 311 g/mol. The Morgan fingerprint density at radius 1 is 1.32 bits per heavy atom. The molecule has 0 fully saturated rings. The summed E-state index contributed by atoms with van der Waals surface area (Å²) in [6.45, 7) is 3.96. The largest absolute Gasteiger partial charge is 0.253 e. The molecule has 98 valence electrons. The molecule has 0 atom stereocenters. The molecule has 0 aliphatic heterocycles. The first-order valence-corrected chi connectivity index (χ1v) is 7.88. The van der Waals surface area contributed by atoms with Gasteiger partial charge >= 0.3 is 0 Å². The molecule has 0 N–H and O–H groups in total. The monoisotopic (exact) mass is 310 g/mol. The van der Waals surface area contributed by atoms with Gasteiger partial charge in [0, 0.05) is 22.0 Å². The van der Waals surface area contributed by atoms with Crippen molar-refractivity contribution in [3.63, 3.8) is 0 Å². The second-order valence-electron chi connectivity index (χ2n) is 4.14. The van der Waals surface area contributed by atoms with Crippen LogP contribution < -0.4 is 0 Å². The third-order valence-corrected chi connectivity index (χ3v) is 4.87. The van der Waals surface area contributed by atoms with Crippen molar-refractivity contribution in [3.8, 4) is 0 Å². The molecule has 0 aliphatic carbocycles. The predicted molar refractivity (Wildman–Crippen MR) is 79.1 cm³/mol. The standard InChI is InChI=1S/C12H11ClN4S2/c1-7-5-8(2)17-11(14-7)15-12(16-17)18-6-9-3-4-10(13)19-9/h3-5H,6H2,1-2H3. The lowest BCUT2D eigenvalue weighted by Crippen LogP contribution is -1.97. The lowest BCUT2D eigenvalue weighted by atomic mass is 10.4. The number of aryl methyl sites for hydroxylation is 2. The number of aromatic nitrogens is 4. The van der Waals surface area contributed by atoms with Crippen LogP contribution in [0.5, 0.6) is 0 Å². The number of thioether (sulfide) groups is 1. The molecule has 0 radical (unpaired) electrons. The van der Waals surface area contributed by atoms with Crippen LogP contribution in [0.25, 0.3) is 5.78 Å². The molecule has 19 heavy (non-hydrogen) atoms. The Kier molecular flexibility index (Phi) is 3.47. The molecule has 3 rings (SSSR count). The van der Waals surface area contributed by atoms with E-state index in [-0.39, 0.29) is 0 Å². The van der Waals surface area contributed by atoms with Gasteiger partial charge < -0.3 is 0 Å². The van der Waals surface area contributed by atoms with E-state index in [1.165, 1.54) is 4.88 Å². The van der Waals surface area contributed by atoms with E-state index in [2.05, 4.69) is 15.1 Å². The van der Waals surface area contributed by atoms with E-state index in [0.29, 0.717) is 5.78 Å². The molecule has 4 nitrogen and oxygen atoms in total. The fourth-order valence-electron chi connectivity index (χ4n) is 1.77. The molecule has 0 spiro atoms. The van der Waals surface area contributed by atoms with E-state index < -0.39 is 0 Å². The van der Waals surface area contributed by atoms with E-state index in [4.69, 9.17) is 11.6 Å². The number of rotatable bonds is 3. The SMILES string of the molecule is Cc1cc(C)n2nc(SCc3ccc(Cl)s3)nc2n1. The third-order valence-electron chi connectivity index (χ3n) is 2.57. The maximum atomic E-state index is 5.91. The molecule has 0 aromatic carbocycles. The zero-order valence-corrected chi connectivity index (χ0v) is 12.8. The minimum absolute atomic E-state index is 0.657. The van der Waals surface area contributed by atoms with Crippen LogP contribution in [0.2, 0.25) is 4.34 Å². The normalized spacial score (nSPS) is 11.3. The molecule has 0 aliphatic rings. The highest BCUT2D eigenvalue weighted by atomic mass is 35.5. The summed E-state index contributed by atoms with van der Waals surface area (Å²) in [5, 5.41) is 5.19. The summed E-state index contributed by atoms with van der Waals surface area (Å²) in [7, 11) is 0. The van der Waals surface area contributed by atoms with Gasteiger partial charge in [-0.25, -0.2) is 9.50 Å². The maximum Gasteiger partial charge on any atom is 0.253 e. The van der Waals surface area contributed by atoms with Crippen LogP contribution in [-0.2, 0) is 5.75 Å².